The van der Waals surface area contributed by atoms with Crippen LogP contribution in [0.25, 0.3) is 10.9 Å². The smallest absolute Gasteiger partial charge is 0.344 e. The van der Waals surface area contributed by atoms with E-state index in [0.717, 1.165) is 4.47 Å². The number of aliphatic carboxylic acids is 1. The molecule has 0 bridgehead atoms. The number of benzene rings is 2. The quantitative estimate of drug-likeness (QED) is 0.320. The predicted octanol–water partition coefficient (Wildman–Crippen LogP) is 4.93. The number of nitrogens with zero attached hydrogens (tertiary/aromatic N) is 3. The lowest BCUT2D eigenvalue weighted by atomic mass is 9.95. The third kappa shape index (κ3) is 5.79. The highest BCUT2D eigenvalue weighted by Crippen LogP contribution is 2.34. The summed E-state index contributed by atoms with van der Waals surface area (Å²) in [6, 6.07) is 8.84. The van der Waals surface area contributed by atoms with Crippen molar-refractivity contribution in [3.63, 3.8) is 0 Å². The lowest BCUT2D eigenvalue weighted by Crippen LogP contribution is -2.29. The van der Waals surface area contributed by atoms with E-state index in [1.54, 1.807) is 36.6 Å². The Morgan fingerprint density at radius 2 is 2.03 bits per heavy atom. The standard InChI is InChI=1S/C26H28BrN3O5/c1-7-8-17-11-16(12-21(34-6)22(17)35-15(2)24(32)33)14-28-30-23(31)19-13-18(27)9-10-20(19)29-25(30)26(3,4)5/h7,9-15H,1,8H2,2-6H3,(H,32,33)/t15-/m1/s1. The molecule has 0 radical (unpaired) electrons. The van der Waals surface area contributed by atoms with Gasteiger partial charge in [-0.05, 0) is 49.2 Å². The van der Waals surface area contributed by atoms with E-state index in [2.05, 4.69) is 27.6 Å². The molecule has 1 atom stereocenters. The Balaban J connectivity index is 2.17. The topological polar surface area (TPSA) is 103 Å². The van der Waals surface area contributed by atoms with Crippen LogP contribution in [0.2, 0.25) is 0 Å². The number of methoxy groups -OCH3 is 1. The van der Waals surface area contributed by atoms with Gasteiger partial charge in [0, 0.05) is 15.5 Å². The van der Waals surface area contributed by atoms with E-state index >= 15 is 0 Å². The summed E-state index contributed by atoms with van der Waals surface area (Å²) in [6.07, 6.45) is 2.57. The zero-order valence-electron chi connectivity index (χ0n) is 20.3. The molecule has 0 unspecified atom stereocenters. The van der Waals surface area contributed by atoms with Crippen molar-refractivity contribution in [2.75, 3.05) is 7.11 Å². The van der Waals surface area contributed by atoms with Crippen LogP contribution in [0.3, 0.4) is 0 Å². The van der Waals surface area contributed by atoms with Gasteiger partial charge in [-0.15, -0.1) is 6.58 Å². The normalized spacial score (nSPS) is 12.6. The highest BCUT2D eigenvalue weighted by molar-refractivity contribution is 9.10. The maximum atomic E-state index is 13.4. The molecule has 0 aliphatic rings. The first kappa shape index (κ1) is 26.2. The predicted molar refractivity (Wildman–Crippen MR) is 140 cm³/mol. The van der Waals surface area contributed by atoms with E-state index in [-0.39, 0.29) is 5.56 Å². The molecule has 35 heavy (non-hydrogen) atoms. The summed E-state index contributed by atoms with van der Waals surface area (Å²) in [5.41, 5.74) is 1.17. The lowest BCUT2D eigenvalue weighted by Gasteiger charge is -2.21. The first-order chi connectivity index (χ1) is 16.5. The van der Waals surface area contributed by atoms with Crippen molar-refractivity contribution in [3.8, 4) is 11.5 Å². The van der Waals surface area contributed by atoms with Gasteiger partial charge in [-0.1, -0.05) is 42.8 Å². The maximum absolute atomic E-state index is 13.4. The van der Waals surface area contributed by atoms with E-state index in [1.807, 2.05) is 26.8 Å². The minimum Gasteiger partial charge on any atom is -0.493 e. The first-order valence-corrected chi connectivity index (χ1v) is 11.7. The van der Waals surface area contributed by atoms with Crippen molar-refractivity contribution in [1.29, 1.82) is 0 Å². The summed E-state index contributed by atoms with van der Waals surface area (Å²) in [5.74, 6) is 0.0981. The Labute approximate surface area is 212 Å². The van der Waals surface area contributed by atoms with Gasteiger partial charge in [0.15, 0.2) is 17.6 Å². The molecule has 0 fully saturated rings. The van der Waals surface area contributed by atoms with Gasteiger partial charge in [-0.3, -0.25) is 4.79 Å². The van der Waals surface area contributed by atoms with Gasteiger partial charge in [-0.2, -0.15) is 9.78 Å². The highest BCUT2D eigenvalue weighted by Gasteiger charge is 2.23. The summed E-state index contributed by atoms with van der Waals surface area (Å²) in [7, 11) is 1.47. The number of carbonyl (C=O) groups is 1. The van der Waals surface area contributed by atoms with Gasteiger partial charge in [0.1, 0.15) is 5.82 Å². The van der Waals surface area contributed by atoms with Crippen LogP contribution in [0, 0.1) is 0 Å². The Morgan fingerprint density at radius 3 is 2.63 bits per heavy atom. The number of aromatic nitrogens is 2. The number of ether oxygens (including phenoxy) is 2. The Bertz CT molecular complexity index is 1370. The number of hydrogen-bond acceptors (Lipinski definition) is 6. The van der Waals surface area contributed by atoms with Crippen LogP contribution >= 0.6 is 15.9 Å². The van der Waals surface area contributed by atoms with Crippen LogP contribution < -0.4 is 15.0 Å². The number of hydrogen-bond donors (Lipinski definition) is 1. The number of carboxylic acids is 1. The number of allylic oxidation sites excluding steroid dienone is 1. The molecule has 1 aromatic heterocycles. The average molecular weight is 542 g/mol. The molecule has 8 nitrogen and oxygen atoms in total. The second-order valence-electron chi connectivity index (χ2n) is 9.01. The summed E-state index contributed by atoms with van der Waals surface area (Å²) in [6.45, 7) is 11.1. The fourth-order valence-corrected chi connectivity index (χ4v) is 3.80. The van der Waals surface area contributed by atoms with E-state index < -0.39 is 17.5 Å². The number of halogens is 1. The van der Waals surface area contributed by atoms with E-state index in [1.165, 1.54) is 18.7 Å². The molecule has 0 spiro atoms. The molecule has 1 N–H and O–H groups in total. The summed E-state index contributed by atoms with van der Waals surface area (Å²) in [4.78, 5) is 29.4. The van der Waals surface area contributed by atoms with Crippen LogP contribution in [0.5, 0.6) is 11.5 Å². The summed E-state index contributed by atoms with van der Waals surface area (Å²) < 4.78 is 13.2. The van der Waals surface area contributed by atoms with Crippen LogP contribution in [0.15, 0.2) is 57.4 Å². The van der Waals surface area contributed by atoms with Crippen LogP contribution in [-0.2, 0) is 16.6 Å². The van der Waals surface area contributed by atoms with Crippen molar-refractivity contribution in [2.24, 2.45) is 5.10 Å². The Kier molecular flexibility index (Phi) is 7.80. The molecule has 0 aliphatic heterocycles. The Morgan fingerprint density at radius 1 is 1.31 bits per heavy atom. The molecule has 184 valence electrons. The fourth-order valence-electron chi connectivity index (χ4n) is 3.44. The van der Waals surface area contributed by atoms with E-state index in [0.29, 0.717) is 45.8 Å². The molecule has 9 heteroatoms. The van der Waals surface area contributed by atoms with Crippen molar-refractivity contribution in [1.82, 2.24) is 9.66 Å². The van der Waals surface area contributed by atoms with Crippen molar-refractivity contribution in [2.45, 2.75) is 45.6 Å². The van der Waals surface area contributed by atoms with Crippen molar-refractivity contribution < 1.29 is 19.4 Å². The van der Waals surface area contributed by atoms with Crippen LogP contribution in [0.1, 0.15) is 44.6 Å². The third-order valence-electron chi connectivity index (χ3n) is 5.18. The summed E-state index contributed by atoms with van der Waals surface area (Å²) in [5, 5.41) is 14.2. The van der Waals surface area contributed by atoms with Crippen molar-refractivity contribution in [3.05, 3.63) is 74.8 Å². The van der Waals surface area contributed by atoms with Gasteiger partial charge in [0.25, 0.3) is 5.56 Å². The second-order valence-corrected chi connectivity index (χ2v) is 9.93. The molecule has 0 saturated heterocycles. The largest absolute Gasteiger partial charge is 0.493 e. The minimum absolute atomic E-state index is 0.286. The van der Waals surface area contributed by atoms with Crippen LogP contribution in [-0.4, -0.2) is 40.2 Å². The molecule has 1 heterocycles. The minimum atomic E-state index is -1.09. The molecular formula is C26H28BrN3O5. The molecule has 2 aromatic carbocycles. The number of fused-ring (bicyclic) bond motifs is 1. The van der Waals surface area contributed by atoms with Gasteiger partial charge in [0.05, 0.1) is 24.2 Å². The average Bonchev–Trinajstić information content (AvgIpc) is 2.79. The SMILES string of the molecule is C=CCc1cc(C=Nn2c(C(C)(C)C)nc3ccc(Br)cc3c2=O)cc(OC)c1O[C@H](C)C(=O)O. The molecule has 0 amide bonds. The third-order valence-corrected chi connectivity index (χ3v) is 5.68. The monoisotopic (exact) mass is 541 g/mol. The molecule has 0 aliphatic carbocycles. The second kappa shape index (κ2) is 10.4. The van der Waals surface area contributed by atoms with Gasteiger partial charge in [-0.25, -0.2) is 9.78 Å². The van der Waals surface area contributed by atoms with Gasteiger partial charge < -0.3 is 14.6 Å². The fraction of sp³-hybridized carbons (Fsp3) is 0.308. The lowest BCUT2D eigenvalue weighted by molar-refractivity contribution is -0.144. The molecule has 3 rings (SSSR count). The van der Waals surface area contributed by atoms with Gasteiger partial charge in [0.2, 0.25) is 0 Å². The molecular weight excluding hydrogens is 514 g/mol. The number of rotatable bonds is 8. The Hall–Kier alpha value is -3.46. The highest BCUT2D eigenvalue weighted by atomic mass is 79.9. The molecule has 3 aromatic rings. The number of carboxylic acid groups (broad SMARTS) is 1. The summed E-state index contributed by atoms with van der Waals surface area (Å²) >= 11 is 3.41. The van der Waals surface area contributed by atoms with E-state index in [9.17, 15) is 14.7 Å². The maximum Gasteiger partial charge on any atom is 0.344 e. The van der Waals surface area contributed by atoms with E-state index in [4.69, 9.17) is 14.5 Å². The van der Waals surface area contributed by atoms with Gasteiger partial charge >= 0.3 is 5.97 Å². The zero-order valence-corrected chi connectivity index (χ0v) is 21.9. The zero-order chi connectivity index (χ0) is 25.9. The first-order valence-electron chi connectivity index (χ1n) is 10.9. The molecule has 0 saturated carbocycles. The van der Waals surface area contributed by atoms with Crippen molar-refractivity contribution >= 4 is 39.0 Å². The van der Waals surface area contributed by atoms with Crippen LogP contribution in [0.4, 0.5) is 0 Å².